The first-order valence-corrected chi connectivity index (χ1v) is 6.21. The van der Waals surface area contributed by atoms with Crippen LogP contribution in [0.2, 0.25) is 0 Å². The maximum atomic E-state index is 4.27. The van der Waals surface area contributed by atoms with E-state index in [0.717, 1.165) is 31.0 Å². The molecule has 0 atom stereocenters. The van der Waals surface area contributed by atoms with Gasteiger partial charge in [0.25, 0.3) is 0 Å². The van der Waals surface area contributed by atoms with Gasteiger partial charge in [-0.25, -0.2) is 4.98 Å². The minimum Gasteiger partial charge on any atom is -0.381 e. The largest absolute Gasteiger partial charge is 0.381 e. The molecular formula is C14H18N4. The van der Waals surface area contributed by atoms with Gasteiger partial charge < -0.3 is 10.6 Å². The van der Waals surface area contributed by atoms with Crippen LogP contribution in [0, 0.1) is 0 Å². The molecule has 0 fully saturated rings. The normalized spacial score (nSPS) is 10.1. The predicted molar refractivity (Wildman–Crippen MR) is 74.6 cm³/mol. The van der Waals surface area contributed by atoms with Crippen molar-refractivity contribution in [3.63, 3.8) is 0 Å². The lowest BCUT2D eigenvalue weighted by Crippen LogP contribution is -2.04. The highest BCUT2D eigenvalue weighted by molar-refractivity contribution is 5.52. The van der Waals surface area contributed by atoms with Gasteiger partial charge >= 0.3 is 0 Å². The molecule has 94 valence electrons. The summed E-state index contributed by atoms with van der Waals surface area (Å²) in [7, 11) is 0. The van der Waals surface area contributed by atoms with Crippen molar-refractivity contribution in [2.45, 2.75) is 19.9 Å². The standard InChI is InChI=1S/C14H18N4/c1-2-6-16-14-10-13(5-9-17-14)18-11-12-3-7-15-8-4-12/h3-5,7-10H,2,6,11H2,1H3,(H2,16,17,18). The average molecular weight is 242 g/mol. The van der Waals surface area contributed by atoms with E-state index in [-0.39, 0.29) is 0 Å². The number of anilines is 2. The molecule has 0 unspecified atom stereocenters. The third-order valence-corrected chi connectivity index (χ3v) is 2.56. The zero-order chi connectivity index (χ0) is 12.6. The molecule has 0 saturated heterocycles. The van der Waals surface area contributed by atoms with Crippen LogP contribution in [0.15, 0.2) is 42.9 Å². The van der Waals surface area contributed by atoms with Crippen LogP contribution in [0.25, 0.3) is 0 Å². The summed E-state index contributed by atoms with van der Waals surface area (Å²) in [5.41, 5.74) is 2.28. The third kappa shape index (κ3) is 3.73. The number of hydrogen-bond donors (Lipinski definition) is 2. The maximum Gasteiger partial charge on any atom is 0.127 e. The van der Waals surface area contributed by atoms with Crippen LogP contribution in [0.5, 0.6) is 0 Å². The van der Waals surface area contributed by atoms with Gasteiger partial charge in [0.1, 0.15) is 5.82 Å². The number of rotatable bonds is 6. The van der Waals surface area contributed by atoms with Gasteiger partial charge in [-0.3, -0.25) is 4.98 Å². The molecule has 0 radical (unpaired) electrons. The summed E-state index contributed by atoms with van der Waals surface area (Å²) >= 11 is 0. The van der Waals surface area contributed by atoms with Gasteiger partial charge in [-0.1, -0.05) is 6.92 Å². The number of nitrogens with zero attached hydrogens (tertiary/aromatic N) is 2. The summed E-state index contributed by atoms with van der Waals surface area (Å²) < 4.78 is 0. The highest BCUT2D eigenvalue weighted by Gasteiger charge is 1.96. The molecule has 2 aromatic heterocycles. The molecule has 0 aliphatic rings. The second kappa shape index (κ2) is 6.59. The quantitative estimate of drug-likeness (QED) is 0.817. The Labute approximate surface area is 107 Å². The Bertz CT molecular complexity index is 470. The SMILES string of the molecule is CCCNc1cc(NCc2ccncc2)ccn1. The molecule has 0 aliphatic heterocycles. The van der Waals surface area contributed by atoms with Crippen molar-refractivity contribution in [2.75, 3.05) is 17.2 Å². The lowest BCUT2D eigenvalue weighted by Gasteiger charge is -2.08. The molecule has 18 heavy (non-hydrogen) atoms. The van der Waals surface area contributed by atoms with Crippen molar-refractivity contribution in [1.82, 2.24) is 9.97 Å². The topological polar surface area (TPSA) is 49.8 Å². The Morgan fingerprint density at radius 1 is 1.06 bits per heavy atom. The summed E-state index contributed by atoms with van der Waals surface area (Å²) in [6.07, 6.45) is 6.51. The lowest BCUT2D eigenvalue weighted by atomic mass is 10.2. The van der Waals surface area contributed by atoms with Gasteiger partial charge in [-0.2, -0.15) is 0 Å². The van der Waals surface area contributed by atoms with Crippen LogP contribution >= 0.6 is 0 Å². The van der Waals surface area contributed by atoms with Crippen LogP contribution in [0.4, 0.5) is 11.5 Å². The molecule has 0 bridgehead atoms. The molecule has 0 amide bonds. The number of nitrogens with one attached hydrogen (secondary N) is 2. The summed E-state index contributed by atoms with van der Waals surface area (Å²) in [4.78, 5) is 8.27. The van der Waals surface area contributed by atoms with Gasteiger partial charge in [0.15, 0.2) is 0 Å². The Balaban J connectivity index is 1.93. The first-order chi connectivity index (χ1) is 8.88. The van der Waals surface area contributed by atoms with Gasteiger partial charge in [0, 0.05) is 43.4 Å². The first-order valence-electron chi connectivity index (χ1n) is 6.21. The molecule has 0 aliphatic carbocycles. The van der Waals surface area contributed by atoms with E-state index in [0.29, 0.717) is 0 Å². The van der Waals surface area contributed by atoms with E-state index < -0.39 is 0 Å². The third-order valence-electron chi connectivity index (χ3n) is 2.56. The molecule has 2 aromatic rings. The Hall–Kier alpha value is -2.10. The Morgan fingerprint density at radius 3 is 2.67 bits per heavy atom. The van der Waals surface area contributed by atoms with Gasteiger partial charge in [-0.05, 0) is 30.2 Å². The second-order valence-corrected chi connectivity index (χ2v) is 4.07. The Kier molecular flexibility index (Phi) is 4.53. The molecule has 2 rings (SSSR count). The van der Waals surface area contributed by atoms with E-state index in [1.807, 2.05) is 30.5 Å². The fourth-order valence-electron chi connectivity index (χ4n) is 1.60. The fraction of sp³-hybridized carbons (Fsp3) is 0.286. The predicted octanol–water partition coefficient (Wildman–Crippen LogP) is 2.91. The minimum atomic E-state index is 0.791. The molecule has 0 aromatic carbocycles. The van der Waals surface area contributed by atoms with Crippen LogP contribution in [-0.2, 0) is 6.54 Å². The van der Waals surface area contributed by atoms with E-state index >= 15 is 0 Å². The number of hydrogen-bond acceptors (Lipinski definition) is 4. The van der Waals surface area contributed by atoms with Gasteiger partial charge in [-0.15, -0.1) is 0 Å². The highest BCUT2D eigenvalue weighted by Crippen LogP contribution is 2.13. The first kappa shape index (κ1) is 12.4. The van der Waals surface area contributed by atoms with Crippen LogP contribution in [0.3, 0.4) is 0 Å². The zero-order valence-corrected chi connectivity index (χ0v) is 10.6. The van der Waals surface area contributed by atoms with E-state index in [4.69, 9.17) is 0 Å². The van der Waals surface area contributed by atoms with E-state index in [9.17, 15) is 0 Å². The summed E-state index contributed by atoms with van der Waals surface area (Å²) in [6.45, 7) is 3.87. The van der Waals surface area contributed by atoms with Gasteiger partial charge in [0.2, 0.25) is 0 Å². The molecule has 2 N–H and O–H groups in total. The maximum absolute atomic E-state index is 4.27. The van der Waals surface area contributed by atoms with E-state index in [1.165, 1.54) is 5.56 Å². The average Bonchev–Trinajstić information content (AvgIpc) is 2.44. The molecule has 2 heterocycles. The monoisotopic (exact) mass is 242 g/mol. The van der Waals surface area contributed by atoms with Crippen LogP contribution in [-0.4, -0.2) is 16.5 Å². The highest BCUT2D eigenvalue weighted by atomic mass is 15.0. The van der Waals surface area contributed by atoms with E-state index in [2.05, 4.69) is 27.5 Å². The summed E-state index contributed by atoms with van der Waals surface area (Å²) in [6, 6.07) is 8.00. The minimum absolute atomic E-state index is 0.791. The molecule has 0 spiro atoms. The van der Waals surface area contributed by atoms with Crippen LogP contribution < -0.4 is 10.6 Å². The molecular weight excluding hydrogens is 224 g/mol. The smallest absolute Gasteiger partial charge is 0.127 e. The summed E-state index contributed by atoms with van der Waals surface area (Å²) in [5.74, 6) is 0.913. The van der Waals surface area contributed by atoms with Crippen molar-refractivity contribution in [3.8, 4) is 0 Å². The summed E-state index contributed by atoms with van der Waals surface area (Å²) in [5, 5.41) is 6.64. The fourth-order valence-corrected chi connectivity index (χ4v) is 1.60. The molecule has 0 saturated carbocycles. The van der Waals surface area contributed by atoms with Crippen molar-refractivity contribution in [2.24, 2.45) is 0 Å². The lowest BCUT2D eigenvalue weighted by molar-refractivity contribution is 0.969. The van der Waals surface area contributed by atoms with Crippen molar-refractivity contribution in [3.05, 3.63) is 48.4 Å². The van der Waals surface area contributed by atoms with Crippen molar-refractivity contribution >= 4 is 11.5 Å². The van der Waals surface area contributed by atoms with Crippen molar-refractivity contribution in [1.29, 1.82) is 0 Å². The molecule has 4 nitrogen and oxygen atoms in total. The number of pyridine rings is 2. The molecule has 4 heteroatoms. The second-order valence-electron chi connectivity index (χ2n) is 4.07. The van der Waals surface area contributed by atoms with Crippen molar-refractivity contribution < 1.29 is 0 Å². The zero-order valence-electron chi connectivity index (χ0n) is 10.6. The number of aromatic nitrogens is 2. The Morgan fingerprint density at radius 2 is 1.89 bits per heavy atom. The van der Waals surface area contributed by atoms with Gasteiger partial charge in [0.05, 0.1) is 0 Å². The van der Waals surface area contributed by atoms with E-state index in [1.54, 1.807) is 12.4 Å². The van der Waals surface area contributed by atoms with Crippen LogP contribution in [0.1, 0.15) is 18.9 Å².